The molecule has 0 saturated carbocycles. The van der Waals surface area contributed by atoms with Gasteiger partial charge >= 0.3 is 0 Å². The molecule has 0 unspecified atom stereocenters. The molecule has 0 spiro atoms. The first kappa shape index (κ1) is 17.3. The van der Waals surface area contributed by atoms with Gasteiger partial charge in [0.25, 0.3) is 5.91 Å². The third kappa shape index (κ3) is 5.58. The number of benzene rings is 1. The first-order chi connectivity index (χ1) is 11.2. The van der Waals surface area contributed by atoms with E-state index in [9.17, 15) is 9.59 Å². The fourth-order valence-electron chi connectivity index (χ4n) is 2.73. The highest BCUT2D eigenvalue weighted by Crippen LogP contribution is 2.16. The van der Waals surface area contributed by atoms with Crippen LogP contribution in [0.15, 0.2) is 24.3 Å². The molecule has 1 aliphatic heterocycles. The van der Waals surface area contributed by atoms with Crippen molar-refractivity contribution in [3.8, 4) is 0 Å². The van der Waals surface area contributed by atoms with Crippen molar-refractivity contribution in [2.75, 3.05) is 31.5 Å². The summed E-state index contributed by atoms with van der Waals surface area (Å²) in [6.07, 6.45) is 5.50. The van der Waals surface area contributed by atoms with Crippen LogP contribution in [0.4, 0.5) is 5.69 Å². The number of hydrogen-bond acceptors (Lipinski definition) is 3. The van der Waals surface area contributed by atoms with Gasteiger partial charge in [0, 0.05) is 30.9 Å². The molecule has 0 radical (unpaired) electrons. The normalized spacial score (nSPS) is 14.9. The lowest BCUT2D eigenvalue weighted by atomic mass is 10.1. The second-order valence-electron chi connectivity index (χ2n) is 5.99. The molecular weight excluding hydrogens is 290 g/mol. The molecule has 2 rings (SSSR count). The topological polar surface area (TPSA) is 61.4 Å². The van der Waals surface area contributed by atoms with E-state index in [1.165, 1.54) is 12.8 Å². The standard InChI is InChI=1S/C18H27N3O2/c1-2-10-19-17(22)14-20-16-9-7-8-15(13-16)18(23)21-11-5-3-4-6-12-21/h7-9,13,20H,2-6,10-12,14H2,1H3,(H,19,22). The average molecular weight is 317 g/mol. The molecule has 1 heterocycles. The Balaban J connectivity index is 1.93. The molecule has 5 heteroatoms. The Bertz CT molecular complexity index is 523. The fraction of sp³-hybridized carbons (Fsp3) is 0.556. The van der Waals surface area contributed by atoms with Crippen LogP contribution in [-0.4, -0.2) is 42.9 Å². The predicted molar refractivity (Wildman–Crippen MR) is 92.6 cm³/mol. The Morgan fingerprint density at radius 2 is 1.87 bits per heavy atom. The molecule has 1 aromatic carbocycles. The zero-order valence-electron chi connectivity index (χ0n) is 13.9. The number of carbonyl (C=O) groups excluding carboxylic acids is 2. The van der Waals surface area contributed by atoms with Crippen molar-refractivity contribution < 1.29 is 9.59 Å². The third-order valence-electron chi connectivity index (χ3n) is 4.03. The van der Waals surface area contributed by atoms with E-state index in [-0.39, 0.29) is 18.4 Å². The van der Waals surface area contributed by atoms with Crippen molar-refractivity contribution in [2.45, 2.75) is 39.0 Å². The van der Waals surface area contributed by atoms with Crippen LogP contribution in [0.1, 0.15) is 49.4 Å². The van der Waals surface area contributed by atoms with E-state index in [4.69, 9.17) is 0 Å². The summed E-state index contributed by atoms with van der Waals surface area (Å²) in [5.41, 5.74) is 1.49. The number of nitrogens with zero attached hydrogens (tertiary/aromatic N) is 1. The van der Waals surface area contributed by atoms with Crippen LogP contribution in [0.5, 0.6) is 0 Å². The number of likely N-dealkylation sites (tertiary alicyclic amines) is 1. The number of carbonyl (C=O) groups is 2. The van der Waals surface area contributed by atoms with Gasteiger partial charge in [-0.2, -0.15) is 0 Å². The van der Waals surface area contributed by atoms with Gasteiger partial charge in [-0.05, 0) is 37.5 Å². The van der Waals surface area contributed by atoms with Crippen molar-refractivity contribution in [3.05, 3.63) is 29.8 Å². The molecule has 2 amide bonds. The van der Waals surface area contributed by atoms with E-state index in [2.05, 4.69) is 10.6 Å². The van der Waals surface area contributed by atoms with Gasteiger partial charge in [0.05, 0.1) is 6.54 Å². The lowest BCUT2D eigenvalue weighted by molar-refractivity contribution is -0.119. The van der Waals surface area contributed by atoms with Gasteiger partial charge in [0.15, 0.2) is 0 Å². The summed E-state index contributed by atoms with van der Waals surface area (Å²) < 4.78 is 0. The van der Waals surface area contributed by atoms with Crippen LogP contribution in [0.3, 0.4) is 0 Å². The first-order valence-electron chi connectivity index (χ1n) is 8.60. The zero-order chi connectivity index (χ0) is 16.5. The molecule has 5 nitrogen and oxygen atoms in total. The quantitative estimate of drug-likeness (QED) is 0.848. The van der Waals surface area contributed by atoms with Crippen LogP contribution in [0.25, 0.3) is 0 Å². The maximum absolute atomic E-state index is 12.6. The highest BCUT2D eigenvalue weighted by atomic mass is 16.2. The molecule has 0 atom stereocenters. The summed E-state index contributed by atoms with van der Waals surface area (Å²) in [4.78, 5) is 26.2. The van der Waals surface area contributed by atoms with E-state index < -0.39 is 0 Å². The molecule has 0 aliphatic carbocycles. The summed E-state index contributed by atoms with van der Waals surface area (Å²) in [5, 5.41) is 5.90. The summed E-state index contributed by atoms with van der Waals surface area (Å²) in [6, 6.07) is 7.42. The molecule has 126 valence electrons. The Kier molecular flexibility index (Phi) is 6.91. The highest BCUT2D eigenvalue weighted by Gasteiger charge is 2.17. The minimum absolute atomic E-state index is 0.0314. The van der Waals surface area contributed by atoms with Gasteiger partial charge in [0.2, 0.25) is 5.91 Å². The first-order valence-corrected chi connectivity index (χ1v) is 8.60. The molecule has 1 aromatic rings. The average Bonchev–Trinajstić information content (AvgIpc) is 2.87. The van der Waals surface area contributed by atoms with Gasteiger partial charge in [-0.1, -0.05) is 25.8 Å². The largest absolute Gasteiger partial charge is 0.376 e. The number of amides is 2. The van der Waals surface area contributed by atoms with Gasteiger partial charge < -0.3 is 15.5 Å². The van der Waals surface area contributed by atoms with E-state index in [1.807, 2.05) is 36.1 Å². The molecule has 0 bridgehead atoms. The Morgan fingerprint density at radius 3 is 2.57 bits per heavy atom. The maximum Gasteiger partial charge on any atom is 0.253 e. The van der Waals surface area contributed by atoms with Gasteiger partial charge in [0.1, 0.15) is 0 Å². The smallest absolute Gasteiger partial charge is 0.253 e. The Hall–Kier alpha value is -2.04. The summed E-state index contributed by atoms with van der Waals surface area (Å²) in [5.74, 6) is 0.0575. The van der Waals surface area contributed by atoms with Crippen molar-refractivity contribution in [1.82, 2.24) is 10.2 Å². The minimum Gasteiger partial charge on any atom is -0.376 e. The van der Waals surface area contributed by atoms with Gasteiger partial charge in [-0.15, -0.1) is 0 Å². The number of rotatable bonds is 6. The molecule has 1 fully saturated rings. The minimum atomic E-state index is -0.0314. The van der Waals surface area contributed by atoms with E-state index >= 15 is 0 Å². The zero-order valence-corrected chi connectivity index (χ0v) is 13.9. The Labute approximate surface area is 138 Å². The number of anilines is 1. The van der Waals surface area contributed by atoms with Crippen molar-refractivity contribution in [3.63, 3.8) is 0 Å². The van der Waals surface area contributed by atoms with Crippen LogP contribution in [-0.2, 0) is 4.79 Å². The van der Waals surface area contributed by atoms with Gasteiger partial charge in [-0.3, -0.25) is 9.59 Å². The summed E-state index contributed by atoms with van der Waals surface area (Å²) in [6.45, 7) is 4.62. The van der Waals surface area contributed by atoms with E-state index in [1.54, 1.807) is 0 Å². The number of nitrogens with one attached hydrogen (secondary N) is 2. The number of hydrogen-bond donors (Lipinski definition) is 2. The van der Waals surface area contributed by atoms with Crippen LogP contribution >= 0.6 is 0 Å². The molecular formula is C18H27N3O2. The Morgan fingerprint density at radius 1 is 1.13 bits per heavy atom. The summed E-state index contributed by atoms with van der Waals surface area (Å²) in [7, 11) is 0. The SMILES string of the molecule is CCCNC(=O)CNc1cccc(C(=O)N2CCCCCC2)c1. The van der Waals surface area contributed by atoms with Crippen LogP contribution in [0, 0.1) is 0 Å². The van der Waals surface area contributed by atoms with Crippen LogP contribution < -0.4 is 10.6 Å². The summed E-state index contributed by atoms with van der Waals surface area (Å²) >= 11 is 0. The highest BCUT2D eigenvalue weighted by molar-refractivity contribution is 5.95. The molecule has 1 saturated heterocycles. The van der Waals surface area contributed by atoms with Gasteiger partial charge in [-0.25, -0.2) is 0 Å². The van der Waals surface area contributed by atoms with Crippen molar-refractivity contribution >= 4 is 17.5 Å². The van der Waals surface area contributed by atoms with Crippen molar-refractivity contribution in [1.29, 1.82) is 0 Å². The fourth-order valence-corrected chi connectivity index (χ4v) is 2.73. The molecule has 0 aromatic heterocycles. The third-order valence-corrected chi connectivity index (χ3v) is 4.03. The predicted octanol–water partition coefficient (Wildman–Crippen LogP) is 2.64. The monoisotopic (exact) mass is 317 g/mol. The lowest BCUT2D eigenvalue weighted by Gasteiger charge is -2.20. The maximum atomic E-state index is 12.6. The van der Waals surface area contributed by atoms with E-state index in [0.717, 1.165) is 38.0 Å². The second kappa shape index (κ2) is 9.18. The van der Waals surface area contributed by atoms with E-state index in [0.29, 0.717) is 12.1 Å². The molecule has 23 heavy (non-hydrogen) atoms. The van der Waals surface area contributed by atoms with Crippen LogP contribution in [0.2, 0.25) is 0 Å². The second-order valence-corrected chi connectivity index (χ2v) is 5.99. The molecule has 1 aliphatic rings. The molecule has 2 N–H and O–H groups in total. The lowest BCUT2D eigenvalue weighted by Crippen LogP contribution is -2.32. The van der Waals surface area contributed by atoms with Crippen molar-refractivity contribution in [2.24, 2.45) is 0 Å².